The van der Waals surface area contributed by atoms with Crippen LogP contribution in [0.15, 0.2) is 24.3 Å². The third-order valence-corrected chi connectivity index (χ3v) is 4.03. The first-order valence-corrected chi connectivity index (χ1v) is 7.63. The minimum atomic E-state index is 0.375. The van der Waals surface area contributed by atoms with Gasteiger partial charge in [-0.1, -0.05) is 38.8 Å². The minimum absolute atomic E-state index is 0.375. The summed E-state index contributed by atoms with van der Waals surface area (Å²) in [7, 11) is 5.97. The van der Waals surface area contributed by atoms with Crippen molar-refractivity contribution in [3.8, 4) is 5.75 Å². The quantitative estimate of drug-likeness (QED) is 0.750. The van der Waals surface area contributed by atoms with Gasteiger partial charge in [-0.25, -0.2) is 0 Å². The summed E-state index contributed by atoms with van der Waals surface area (Å²) < 4.78 is 5.32. The molecule has 0 aliphatic rings. The van der Waals surface area contributed by atoms with E-state index >= 15 is 0 Å². The van der Waals surface area contributed by atoms with E-state index in [1.165, 1.54) is 18.4 Å². The number of hydrogen-bond acceptors (Lipinski definition) is 3. The van der Waals surface area contributed by atoms with Gasteiger partial charge in [-0.05, 0) is 44.3 Å². The van der Waals surface area contributed by atoms with Crippen molar-refractivity contribution in [1.82, 2.24) is 10.2 Å². The lowest BCUT2D eigenvalue weighted by molar-refractivity contribution is 0.281. The maximum atomic E-state index is 5.32. The van der Waals surface area contributed by atoms with E-state index in [-0.39, 0.29) is 0 Å². The first kappa shape index (κ1) is 17.0. The van der Waals surface area contributed by atoms with Crippen molar-refractivity contribution in [1.29, 1.82) is 0 Å². The highest BCUT2D eigenvalue weighted by Gasteiger charge is 2.15. The molecule has 1 aromatic rings. The van der Waals surface area contributed by atoms with Crippen LogP contribution in [0.1, 0.15) is 38.3 Å². The Balaban J connectivity index is 2.64. The third kappa shape index (κ3) is 5.14. The summed E-state index contributed by atoms with van der Waals surface area (Å²) in [6, 6.07) is 8.73. The highest BCUT2D eigenvalue weighted by Crippen LogP contribution is 2.22. The van der Waals surface area contributed by atoms with Gasteiger partial charge < -0.3 is 15.0 Å². The predicted octanol–water partition coefficient (Wildman–Crippen LogP) is 3.32. The zero-order valence-corrected chi connectivity index (χ0v) is 13.6. The van der Waals surface area contributed by atoms with Crippen LogP contribution in [0.3, 0.4) is 0 Å². The van der Waals surface area contributed by atoms with Gasteiger partial charge in [0.1, 0.15) is 5.75 Å². The van der Waals surface area contributed by atoms with Crippen LogP contribution in [0, 0.1) is 5.92 Å². The lowest BCUT2D eigenvalue weighted by Gasteiger charge is -2.26. The maximum Gasteiger partial charge on any atom is 0.119 e. The Morgan fingerprint density at radius 1 is 1.15 bits per heavy atom. The zero-order chi connectivity index (χ0) is 15.0. The normalized spacial score (nSPS) is 12.9. The van der Waals surface area contributed by atoms with Gasteiger partial charge in [0.2, 0.25) is 0 Å². The van der Waals surface area contributed by atoms with Crippen LogP contribution in [-0.4, -0.2) is 39.2 Å². The number of benzene rings is 1. The predicted molar refractivity (Wildman–Crippen MR) is 86.4 cm³/mol. The smallest absolute Gasteiger partial charge is 0.119 e. The fourth-order valence-electron chi connectivity index (χ4n) is 2.45. The number of likely N-dealkylation sites (N-methyl/N-ethyl adjacent to an activating group) is 1. The number of rotatable bonds is 9. The van der Waals surface area contributed by atoms with E-state index < -0.39 is 0 Å². The van der Waals surface area contributed by atoms with Crippen LogP contribution in [0.4, 0.5) is 0 Å². The third-order valence-electron chi connectivity index (χ3n) is 4.03. The number of nitrogens with one attached hydrogen (secondary N) is 1. The molecule has 0 amide bonds. The molecule has 3 nitrogen and oxygen atoms in total. The molecule has 20 heavy (non-hydrogen) atoms. The van der Waals surface area contributed by atoms with E-state index in [9.17, 15) is 0 Å². The molecule has 0 radical (unpaired) electrons. The van der Waals surface area contributed by atoms with Crippen molar-refractivity contribution in [2.24, 2.45) is 5.92 Å². The monoisotopic (exact) mass is 278 g/mol. The Bertz CT molecular complexity index is 375. The van der Waals surface area contributed by atoms with E-state index in [1.807, 2.05) is 6.07 Å². The summed E-state index contributed by atoms with van der Waals surface area (Å²) in [5, 5.41) is 3.62. The lowest BCUT2D eigenvalue weighted by atomic mass is 10.0. The Hall–Kier alpha value is -1.06. The van der Waals surface area contributed by atoms with E-state index in [4.69, 9.17) is 4.74 Å². The molecule has 114 valence electrons. The molecule has 0 aliphatic carbocycles. The van der Waals surface area contributed by atoms with Gasteiger partial charge in [-0.2, -0.15) is 0 Å². The van der Waals surface area contributed by atoms with Crippen LogP contribution < -0.4 is 10.1 Å². The minimum Gasteiger partial charge on any atom is -0.497 e. The average molecular weight is 278 g/mol. The molecule has 0 saturated heterocycles. The number of ether oxygens (including phenoxy) is 1. The standard InChI is InChI=1S/C17H30N2O/c1-6-14(7-2)12-18-13-17(19(3)4)15-9-8-10-16(11-15)20-5/h8-11,14,17-18H,6-7,12-13H2,1-5H3. The molecule has 1 unspecified atom stereocenters. The second kappa shape index (κ2) is 8.98. The summed E-state index contributed by atoms with van der Waals surface area (Å²) in [5.41, 5.74) is 1.30. The topological polar surface area (TPSA) is 24.5 Å². The van der Waals surface area contributed by atoms with Gasteiger partial charge in [0.15, 0.2) is 0 Å². The molecule has 1 rings (SSSR count). The molecular formula is C17H30N2O. The summed E-state index contributed by atoms with van der Waals surface area (Å²) in [6.07, 6.45) is 2.49. The molecule has 0 aromatic heterocycles. The van der Waals surface area contributed by atoms with E-state index in [1.54, 1.807) is 7.11 Å². The fraction of sp³-hybridized carbons (Fsp3) is 0.647. The van der Waals surface area contributed by atoms with Crippen molar-refractivity contribution >= 4 is 0 Å². The summed E-state index contributed by atoms with van der Waals surface area (Å²) in [5.74, 6) is 1.71. The van der Waals surface area contributed by atoms with Gasteiger partial charge in [-0.15, -0.1) is 0 Å². The Morgan fingerprint density at radius 3 is 2.40 bits per heavy atom. The van der Waals surface area contributed by atoms with Crippen molar-refractivity contribution in [3.05, 3.63) is 29.8 Å². The molecule has 0 heterocycles. The lowest BCUT2D eigenvalue weighted by Crippen LogP contribution is -2.33. The van der Waals surface area contributed by atoms with E-state index in [0.29, 0.717) is 6.04 Å². The molecular weight excluding hydrogens is 248 g/mol. The van der Waals surface area contributed by atoms with Crippen LogP contribution in [0.25, 0.3) is 0 Å². The Kier molecular flexibility index (Phi) is 7.63. The maximum absolute atomic E-state index is 5.32. The summed E-state index contributed by atoms with van der Waals surface area (Å²) >= 11 is 0. The zero-order valence-electron chi connectivity index (χ0n) is 13.6. The average Bonchev–Trinajstić information content (AvgIpc) is 2.47. The van der Waals surface area contributed by atoms with Crippen LogP contribution in [0.2, 0.25) is 0 Å². The largest absolute Gasteiger partial charge is 0.497 e. The first-order chi connectivity index (χ1) is 9.62. The molecule has 1 N–H and O–H groups in total. The Morgan fingerprint density at radius 2 is 1.85 bits per heavy atom. The molecule has 3 heteroatoms. The molecule has 0 aliphatic heterocycles. The van der Waals surface area contributed by atoms with Crippen LogP contribution >= 0.6 is 0 Å². The molecule has 1 aromatic carbocycles. The molecule has 0 bridgehead atoms. The van der Waals surface area contributed by atoms with Gasteiger partial charge in [-0.3, -0.25) is 0 Å². The SMILES string of the molecule is CCC(CC)CNCC(c1cccc(OC)c1)N(C)C. The number of nitrogens with zero attached hydrogens (tertiary/aromatic N) is 1. The molecule has 1 atom stereocenters. The van der Waals surface area contributed by atoms with Gasteiger partial charge >= 0.3 is 0 Å². The van der Waals surface area contributed by atoms with Crippen LogP contribution in [-0.2, 0) is 0 Å². The molecule has 0 spiro atoms. The second-order valence-corrected chi connectivity index (χ2v) is 5.60. The fourth-order valence-corrected chi connectivity index (χ4v) is 2.45. The van der Waals surface area contributed by atoms with Gasteiger partial charge in [0, 0.05) is 12.6 Å². The Labute approximate surface area is 124 Å². The summed E-state index contributed by atoms with van der Waals surface area (Å²) in [6.45, 7) is 6.60. The highest BCUT2D eigenvalue weighted by molar-refractivity contribution is 5.30. The van der Waals surface area contributed by atoms with Crippen molar-refractivity contribution in [2.75, 3.05) is 34.3 Å². The van der Waals surface area contributed by atoms with Gasteiger partial charge in [0.25, 0.3) is 0 Å². The van der Waals surface area contributed by atoms with E-state index in [2.05, 4.69) is 56.4 Å². The first-order valence-electron chi connectivity index (χ1n) is 7.63. The van der Waals surface area contributed by atoms with Gasteiger partial charge in [0.05, 0.1) is 7.11 Å². The number of methoxy groups -OCH3 is 1. The van der Waals surface area contributed by atoms with Crippen molar-refractivity contribution < 1.29 is 4.74 Å². The van der Waals surface area contributed by atoms with E-state index in [0.717, 1.165) is 24.8 Å². The highest BCUT2D eigenvalue weighted by atomic mass is 16.5. The number of hydrogen-bond donors (Lipinski definition) is 1. The molecule has 0 fully saturated rings. The molecule has 0 saturated carbocycles. The van der Waals surface area contributed by atoms with Crippen molar-refractivity contribution in [2.45, 2.75) is 32.7 Å². The van der Waals surface area contributed by atoms with Crippen LogP contribution in [0.5, 0.6) is 5.75 Å². The van der Waals surface area contributed by atoms with Crippen molar-refractivity contribution in [3.63, 3.8) is 0 Å². The summed E-state index contributed by atoms with van der Waals surface area (Å²) in [4.78, 5) is 2.26. The second-order valence-electron chi connectivity index (χ2n) is 5.60.